The quantitative estimate of drug-likeness (QED) is 0.776. The number of amides is 2. The van der Waals surface area contributed by atoms with E-state index in [0.717, 1.165) is 5.56 Å². The largest absolute Gasteiger partial charge is 0.497 e. The molecule has 2 aromatic rings. The molecule has 3 rings (SSSR count). The Labute approximate surface area is 163 Å². The summed E-state index contributed by atoms with van der Waals surface area (Å²) in [5, 5.41) is 2.66. The van der Waals surface area contributed by atoms with Gasteiger partial charge in [-0.15, -0.1) is 0 Å². The first-order valence-corrected chi connectivity index (χ1v) is 8.94. The van der Waals surface area contributed by atoms with Gasteiger partial charge in [-0.05, 0) is 31.2 Å². The summed E-state index contributed by atoms with van der Waals surface area (Å²) in [5.74, 6) is -1.13. The molecule has 146 valence electrons. The molecule has 7 nitrogen and oxygen atoms in total. The molecule has 0 bridgehead atoms. The maximum absolute atomic E-state index is 12.3. The number of nitrogens with zero attached hydrogens (tertiary/aromatic N) is 1. The van der Waals surface area contributed by atoms with Crippen LogP contribution in [0.3, 0.4) is 0 Å². The van der Waals surface area contributed by atoms with Crippen LogP contribution < -0.4 is 15.0 Å². The summed E-state index contributed by atoms with van der Waals surface area (Å²) >= 11 is 0. The first-order chi connectivity index (χ1) is 13.5. The molecule has 7 heteroatoms. The van der Waals surface area contributed by atoms with E-state index >= 15 is 0 Å². The fourth-order valence-corrected chi connectivity index (χ4v) is 2.98. The highest BCUT2D eigenvalue weighted by Gasteiger charge is 2.36. The Morgan fingerprint density at radius 1 is 1.18 bits per heavy atom. The Hall–Kier alpha value is -3.35. The third-order valence-corrected chi connectivity index (χ3v) is 4.50. The molecule has 1 aliphatic heterocycles. The monoisotopic (exact) mass is 382 g/mol. The van der Waals surface area contributed by atoms with Gasteiger partial charge >= 0.3 is 5.97 Å². The maximum atomic E-state index is 12.3. The van der Waals surface area contributed by atoms with Gasteiger partial charge in [0.2, 0.25) is 5.91 Å². The molecule has 1 heterocycles. The average molecular weight is 382 g/mol. The molecule has 0 saturated carbocycles. The maximum Gasteiger partial charge on any atom is 0.311 e. The molecule has 28 heavy (non-hydrogen) atoms. The van der Waals surface area contributed by atoms with Gasteiger partial charge in [0.15, 0.2) is 6.61 Å². The van der Waals surface area contributed by atoms with Crippen molar-refractivity contribution in [1.82, 2.24) is 0 Å². The SMILES string of the molecule is COc1cccc(N2C[C@@H](C(=O)OCC(=O)Nc3ccc(C)cc3)CC2=O)c1. The molecule has 1 N–H and O–H groups in total. The molecule has 0 radical (unpaired) electrons. The summed E-state index contributed by atoms with van der Waals surface area (Å²) in [6, 6.07) is 14.4. The van der Waals surface area contributed by atoms with Crippen molar-refractivity contribution in [3.05, 3.63) is 54.1 Å². The van der Waals surface area contributed by atoms with Gasteiger partial charge in [-0.25, -0.2) is 0 Å². The van der Waals surface area contributed by atoms with E-state index in [4.69, 9.17) is 9.47 Å². The minimum absolute atomic E-state index is 0.0512. The predicted molar refractivity (Wildman–Crippen MR) is 104 cm³/mol. The van der Waals surface area contributed by atoms with Crippen LogP contribution in [-0.4, -0.2) is 38.0 Å². The highest BCUT2D eigenvalue weighted by molar-refractivity contribution is 6.00. The van der Waals surface area contributed by atoms with Gasteiger partial charge in [-0.2, -0.15) is 0 Å². The number of aryl methyl sites for hydroxylation is 1. The van der Waals surface area contributed by atoms with Gasteiger partial charge in [0.25, 0.3) is 5.91 Å². The molecular formula is C21H22N2O5. The number of carbonyl (C=O) groups excluding carboxylic acids is 3. The van der Waals surface area contributed by atoms with E-state index in [0.29, 0.717) is 17.1 Å². The highest BCUT2D eigenvalue weighted by Crippen LogP contribution is 2.28. The third kappa shape index (κ3) is 4.68. The van der Waals surface area contributed by atoms with Gasteiger partial charge in [-0.3, -0.25) is 14.4 Å². The van der Waals surface area contributed by atoms with E-state index in [1.807, 2.05) is 19.1 Å². The number of hydrogen-bond acceptors (Lipinski definition) is 5. The van der Waals surface area contributed by atoms with Crippen molar-refractivity contribution in [2.45, 2.75) is 13.3 Å². The first-order valence-electron chi connectivity index (χ1n) is 8.94. The molecule has 1 fully saturated rings. The van der Waals surface area contributed by atoms with Crippen LogP contribution in [0.15, 0.2) is 48.5 Å². The Bertz CT molecular complexity index is 879. The van der Waals surface area contributed by atoms with E-state index in [1.165, 1.54) is 4.90 Å². The van der Waals surface area contributed by atoms with Crippen LogP contribution in [0.2, 0.25) is 0 Å². The van der Waals surface area contributed by atoms with Crippen LogP contribution in [0.4, 0.5) is 11.4 Å². The standard InChI is InChI=1S/C21H22N2O5/c1-14-6-8-16(9-7-14)22-19(24)13-28-21(26)15-10-20(25)23(12-15)17-4-3-5-18(11-17)27-2/h3-9,11,15H,10,12-13H2,1-2H3,(H,22,24)/t15-/m0/s1. The smallest absolute Gasteiger partial charge is 0.311 e. The van der Waals surface area contributed by atoms with Crippen LogP contribution in [0.25, 0.3) is 0 Å². The molecule has 0 aromatic heterocycles. The molecule has 0 aliphatic carbocycles. The Balaban J connectivity index is 1.52. The van der Waals surface area contributed by atoms with Crippen molar-refractivity contribution in [1.29, 1.82) is 0 Å². The van der Waals surface area contributed by atoms with Crippen molar-refractivity contribution in [3.63, 3.8) is 0 Å². The van der Waals surface area contributed by atoms with Crippen molar-refractivity contribution in [2.24, 2.45) is 5.92 Å². The zero-order valence-corrected chi connectivity index (χ0v) is 15.8. The minimum Gasteiger partial charge on any atom is -0.497 e. The lowest BCUT2D eigenvalue weighted by molar-refractivity contribution is -0.151. The summed E-state index contributed by atoms with van der Waals surface area (Å²) in [6.45, 7) is 1.77. The van der Waals surface area contributed by atoms with Crippen LogP contribution in [0.5, 0.6) is 5.75 Å². The number of rotatable bonds is 6. The average Bonchev–Trinajstić information content (AvgIpc) is 3.10. The summed E-state index contributed by atoms with van der Waals surface area (Å²) in [4.78, 5) is 38.1. The first kappa shape index (κ1) is 19.4. The Morgan fingerprint density at radius 3 is 2.64 bits per heavy atom. The summed E-state index contributed by atoms with van der Waals surface area (Å²) < 4.78 is 10.3. The van der Waals surface area contributed by atoms with Crippen LogP contribution in [0, 0.1) is 12.8 Å². The van der Waals surface area contributed by atoms with Gasteiger partial charge in [0.05, 0.1) is 13.0 Å². The van der Waals surface area contributed by atoms with Crippen molar-refractivity contribution in [3.8, 4) is 5.75 Å². The number of methoxy groups -OCH3 is 1. The second-order valence-electron chi connectivity index (χ2n) is 6.63. The molecule has 1 saturated heterocycles. The lowest BCUT2D eigenvalue weighted by Crippen LogP contribution is -2.28. The van der Waals surface area contributed by atoms with Crippen LogP contribution >= 0.6 is 0 Å². The number of benzene rings is 2. The number of anilines is 2. The van der Waals surface area contributed by atoms with E-state index in [9.17, 15) is 14.4 Å². The van der Waals surface area contributed by atoms with Gasteiger partial charge in [0.1, 0.15) is 5.75 Å². The molecule has 1 aliphatic rings. The molecule has 1 atom stereocenters. The Kier molecular flexibility index (Phi) is 5.93. The Morgan fingerprint density at radius 2 is 1.93 bits per heavy atom. The van der Waals surface area contributed by atoms with E-state index < -0.39 is 24.4 Å². The molecular weight excluding hydrogens is 360 g/mol. The number of hydrogen-bond donors (Lipinski definition) is 1. The zero-order chi connectivity index (χ0) is 20.1. The predicted octanol–water partition coefficient (Wildman–Crippen LogP) is 2.54. The van der Waals surface area contributed by atoms with Crippen molar-refractivity contribution in [2.75, 3.05) is 30.5 Å². The van der Waals surface area contributed by atoms with Gasteiger partial charge in [0, 0.05) is 30.4 Å². The zero-order valence-electron chi connectivity index (χ0n) is 15.8. The number of esters is 1. The van der Waals surface area contributed by atoms with E-state index in [1.54, 1.807) is 43.5 Å². The van der Waals surface area contributed by atoms with Gasteiger partial charge < -0.3 is 19.7 Å². The minimum atomic E-state index is -0.606. The second-order valence-corrected chi connectivity index (χ2v) is 6.63. The molecule has 2 amide bonds. The van der Waals surface area contributed by atoms with Crippen LogP contribution in [0.1, 0.15) is 12.0 Å². The van der Waals surface area contributed by atoms with Crippen LogP contribution in [-0.2, 0) is 19.1 Å². The lowest BCUT2D eigenvalue weighted by Gasteiger charge is -2.17. The normalized spacial score (nSPS) is 16.0. The summed E-state index contributed by atoms with van der Waals surface area (Å²) in [6.07, 6.45) is 0.0512. The fraction of sp³-hybridized carbons (Fsp3) is 0.286. The summed E-state index contributed by atoms with van der Waals surface area (Å²) in [7, 11) is 1.55. The topological polar surface area (TPSA) is 84.9 Å². The van der Waals surface area contributed by atoms with E-state index in [-0.39, 0.29) is 18.9 Å². The van der Waals surface area contributed by atoms with E-state index in [2.05, 4.69) is 5.32 Å². The molecule has 0 spiro atoms. The second kappa shape index (κ2) is 8.56. The highest BCUT2D eigenvalue weighted by atomic mass is 16.5. The molecule has 2 aromatic carbocycles. The third-order valence-electron chi connectivity index (χ3n) is 4.50. The lowest BCUT2D eigenvalue weighted by atomic mass is 10.1. The van der Waals surface area contributed by atoms with Crippen molar-refractivity contribution < 1.29 is 23.9 Å². The summed E-state index contributed by atoms with van der Waals surface area (Å²) in [5.41, 5.74) is 2.37. The number of nitrogens with one attached hydrogen (secondary N) is 1. The van der Waals surface area contributed by atoms with Gasteiger partial charge in [-0.1, -0.05) is 23.8 Å². The number of carbonyl (C=O) groups is 3. The number of ether oxygens (including phenoxy) is 2. The molecule has 0 unspecified atom stereocenters. The fourth-order valence-electron chi connectivity index (χ4n) is 2.98. The van der Waals surface area contributed by atoms with Crippen molar-refractivity contribution >= 4 is 29.2 Å².